The van der Waals surface area contributed by atoms with Gasteiger partial charge in [-0.2, -0.15) is 0 Å². The summed E-state index contributed by atoms with van der Waals surface area (Å²) >= 11 is 0. The molecule has 0 spiro atoms. The van der Waals surface area contributed by atoms with E-state index in [0.29, 0.717) is 6.42 Å². The van der Waals surface area contributed by atoms with Crippen LogP contribution in [0.2, 0.25) is 0 Å². The molecule has 0 atom stereocenters. The van der Waals surface area contributed by atoms with E-state index in [9.17, 15) is 0 Å². The largest absolute Gasteiger partial charge is 2.00 e. The molecule has 0 fully saturated rings. The van der Waals surface area contributed by atoms with E-state index in [-0.39, 0.29) is 31.9 Å². The first-order valence-corrected chi connectivity index (χ1v) is 12.2. The van der Waals surface area contributed by atoms with Gasteiger partial charge >= 0.3 is 21.1 Å². The van der Waals surface area contributed by atoms with E-state index in [0.717, 1.165) is 33.5 Å². The molecule has 36 heavy (non-hydrogen) atoms. The van der Waals surface area contributed by atoms with Crippen molar-refractivity contribution in [2.45, 2.75) is 58.8 Å². The zero-order valence-corrected chi connectivity index (χ0v) is 23.9. The number of pyridine rings is 2. The van der Waals surface area contributed by atoms with Gasteiger partial charge in [0.25, 0.3) is 0 Å². The molecule has 2 aromatic carbocycles. The summed E-state index contributed by atoms with van der Waals surface area (Å²) in [6, 6.07) is 23.7. The molecule has 0 aliphatic heterocycles. The average molecular weight is 654 g/mol. The molecule has 0 saturated carbocycles. The monoisotopic (exact) mass is 653 g/mol. The van der Waals surface area contributed by atoms with Crippen LogP contribution < -0.4 is 0 Å². The van der Waals surface area contributed by atoms with Crippen molar-refractivity contribution < 1.29 is 21.1 Å². The van der Waals surface area contributed by atoms with Gasteiger partial charge in [-0.1, -0.05) is 53.7 Å². The van der Waals surface area contributed by atoms with Crippen molar-refractivity contribution in [3.63, 3.8) is 0 Å². The van der Waals surface area contributed by atoms with Crippen molar-refractivity contribution in [2.75, 3.05) is 0 Å². The maximum atomic E-state index is 5.09. The third-order valence-electron chi connectivity index (χ3n) is 6.74. The average Bonchev–Trinajstić information content (AvgIpc) is 3.41. The van der Waals surface area contributed by atoms with Crippen LogP contribution >= 0.6 is 0 Å². The Bertz CT molecular complexity index is 1610. The van der Waals surface area contributed by atoms with Gasteiger partial charge in [0.1, 0.15) is 0 Å². The zero-order chi connectivity index (χ0) is 24.5. The van der Waals surface area contributed by atoms with E-state index < -0.39 is 0 Å². The van der Waals surface area contributed by atoms with Crippen LogP contribution in [0.15, 0.2) is 60.9 Å². The van der Waals surface area contributed by atoms with Gasteiger partial charge in [0.2, 0.25) is 0 Å². The molecule has 0 aliphatic rings. The Morgan fingerprint density at radius 1 is 0.694 bits per heavy atom. The molecule has 5 heteroatoms. The van der Waals surface area contributed by atoms with Gasteiger partial charge in [-0.05, 0) is 0 Å². The molecule has 0 saturated heterocycles. The molecule has 4 heterocycles. The molecule has 0 radical (unpaired) electrons. The van der Waals surface area contributed by atoms with Crippen molar-refractivity contribution in [2.24, 2.45) is 0 Å². The Labute approximate surface area is 226 Å². The third kappa shape index (κ3) is 4.06. The van der Waals surface area contributed by atoms with Crippen molar-refractivity contribution in [3.05, 3.63) is 95.8 Å². The maximum absolute atomic E-state index is 5.09. The Balaban J connectivity index is 0.00000267. The van der Waals surface area contributed by atoms with Crippen LogP contribution in [0.5, 0.6) is 0 Å². The van der Waals surface area contributed by atoms with E-state index >= 15 is 0 Å². The number of nitrogens with zero attached hydrogens (tertiary/aromatic N) is 4. The van der Waals surface area contributed by atoms with Crippen LogP contribution in [-0.2, 0) is 38.3 Å². The van der Waals surface area contributed by atoms with E-state index in [1.54, 1.807) is 0 Å². The second-order valence-corrected chi connectivity index (χ2v) is 11.6. The number of rotatable bonds is 2. The molecule has 6 aromatic rings. The van der Waals surface area contributed by atoms with Crippen molar-refractivity contribution >= 4 is 32.8 Å². The predicted molar refractivity (Wildman–Crippen MR) is 143 cm³/mol. The van der Waals surface area contributed by atoms with Gasteiger partial charge < -0.3 is 8.80 Å². The van der Waals surface area contributed by atoms with E-state index in [4.69, 9.17) is 9.97 Å². The summed E-state index contributed by atoms with van der Waals surface area (Å²) in [5.41, 5.74) is 6.39. The van der Waals surface area contributed by atoms with Crippen molar-refractivity contribution in [1.82, 2.24) is 18.8 Å². The quantitative estimate of drug-likeness (QED) is 0.188. The summed E-state index contributed by atoms with van der Waals surface area (Å²) in [6.07, 6.45) is 5.02. The molecule has 0 unspecified atom stereocenters. The summed E-state index contributed by atoms with van der Waals surface area (Å²) in [6.45, 7) is 13.5. The van der Waals surface area contributed by atoms with Gasteiger partial charge in [0.05, 0.1) is 22.7 Å². The van der Waals surface area contributed by atoms with Crippen LogP contribution in [-0.4, -0.2) is 18.8 Å². The molecule has 4 aromatic heterocycles. The second kappa shape index (κ2) is 8.56. The third-order valence-corrected chi connectivity index (χ3v) is 6.74. The van der Waals surface area contributed by atoms with Crippen LogP contribution in [0.4, 0.5) is 0 Å². The Morgan fingerprint density at radius 2 is 1.11 bits per heavy atom. The SMILES string of the molecule is CC(C)(C)c1cc2ccc[c-]c2c2nc(Cc3cn4c(C(C)(C)C)cc5ccc[c-]c5c4n3)cn12.[Pt+2]. The van der Waals surface area contributed by atoms with Gasteiger partial charge in [0.15, 0.2) is 0 Å². The summed E-state index contributed by atoms with van der Waals surface area (Å²) < 4.78 is 4.49. The van der Waals surface area contributed by atoms with Gasteiger partial charge in [-0.25, -0.2) is 0 Å². The standard InChI is InChI=1S/C31H30N4.Pt/c1-30(2,3)26-15-20-11-7-9-13-24(20)28-32-22(18-34(26)28)17-23-19-35-27(31(4,5)6)16-21-12-8-10-14-25(21)29(35)33-23;/h7-12,15-16,18-19H,17H2,1-6H3;/q-2;+2. The maximum Gasteiger partial charge on any atom is 2.00 e. The first kappa shape index (κ1) is 24.7. The number of aromatic nitrogens is 4. The van der Waals surface area contributed by atoms with Crippen LogP contribution in [0.25, 0.3) is 32.8 Å². The summed E-state index contributed by atoms with van der Waals surface area (Å²) in [4.78, 5) is 10.2. The molecule has 0 bridgehead atoms. The Kier molecular flexibility index (Phi) is 5.87. The fourth-order valence-electron chi connectivity index (χ4n) is 5.05. The molecular weight excluding hydrogens is 623 g/mol. The minimum absolute atomic E-state index is 0. The smallest absolute Gasteiger partial charge is 0.343 e. The molecule has 4 nitrogen and oxygen atoms in total. The Hall–Kier alpha value is -2.97. The summed E-state index contributed by atoms with van der Waals surface area (Å²) in [5, 5.41) is 4.45. The van der Waals surface area contributed by atoms with Crippen LogP contribution in [0.3, 0.4) is 0 Å². The zero-order valence-electron chi connectivity index (χ0n) is 21.6. The van der Waals surface area contributed by atoms with Crippen LogP contribution in [0.1, 0.15) is 64.3 Å². The number of hydrogen-bond acceptors (Lipinski definition) is 2. The molecule has 0 amide bonds. The summed E-state index contributed by atoms with van der Waals surface area (Å²) in [7, 11) is 0. The first-order chi connectivity index (χ1) is 16.6. The Morgan fingerprint density at radius 3 is 1.50 bits per heavy atom. The number of benzene rings is 2. The van der Waals surface area contributed by atoms with Gasteiger partial charge in [-0.3, -0.25) is 9.97 Å². The minimum Gasteiger partial charge on any atom is -0.343 e. The fourth-order valence-corrected chi connectivity index (χ4v) is 5.05. The molecular formula is C31H30N4Pt. The molecule has 6 rings (SSSR count). The van der Waals surface area contributed by atoms with E-state index in [1.165, 1.54) is 22.2 Å². The van der Waals surface area contributed by atoms with E-state index in [2.05, 4.69) is 99.1 Å². The topological polar surface area (TPSA) is 34.6 Å². The molecule has 184 valence electrons. The normalized spacial score (nSPS) is 12.6. The van der Waals surface area contributed by atoms with Crippen LogP contribution in [0, 0.1) is 12.1 Å². The number of hydrogen-bond donors (Lipinski definition) is 0. The van der Waals surface area contributed by atoms with Crippen molar-refractivity contribution in [1.29, 1.82) is 0 Å². The fraction of sp³-hybridized carbons (Fsp3) is 0.290. The van der Waals surface area contributed by atoms with Gasteiger partial charge in [0, 0.05) is 41.0 Å². The van der Waals surface area contributed by atoms with E-state index in [1.807, 2.05) is 24.3 Å². The first-order valence-electron chi connectivity index (χ1n) is 12.2. The predicted octanol–water partition coefficient (Wildman–Crippen LogP) is 7.07. The molecule has 0 N–H and O–H groups in total. The van der Waals surface area contributed by atoms with Crippen molar-refractivity contribution in [3.8, 4) is 0 Å². The second-order valence-electron chi connectivity index (χ2n) is 11.6. The number of fused-ring (bicyclic) bond motifs is 6. The molecule has 0 aliphatic carbocycles. The van der Waals surface area contributed by atoms with Gasteiger partial charge in [-0.15, -0.1) is 70.1 Å². The minimum atomic E-state index is -0.0142. The summed E-state index contributed by atoms with van der Waals surface area (Å²) in [5.74, 6) is 0. The number of imidazole rings is 2.